The van der Waals surface area contributed by atoms with Gasteiger partial charge in [0.25, 0.3) is 5.91 Å². The Balaban J connectivity index is 1.91. The van der Waals surface area contributed by atoms with Crippen LogP contribution in [-0.2, 0) is 11.3 Å². The average Bonchev–Trinajstić information content (AvgIpc) is 2.84. The number of likely N-dealkylation sites (N-methyl/N-ethyl adjacent to an activating group) is 1. The van der Waals surface area contributed by atoms with E-state index in [-0.39, 0.29) is 36.0 Å². The second-order valence-electron chi connectivity index (χ2n) is 9.74. The van der Waals surface area contributed by atoms with Crippen LogP contribution < -0.4 is 15.4 Å². The number of benzene rings is 1. The van der Waals surface area contributed by atoms with E-state index in [1.165, 1.54) is 6.33 Å². The van der Waals surface area contributed by atoms with Crippen LogP contribution in [0.4, 0.5) is 10.5 Å². The normalized spacial score (nSPS) is 21.7. The van der Waals surface area contributed by atoms with Gasteiger partial charge in [0.05, 0.1) is 11.7 Å². The fraction of sp³-hybridized carbons (Fsp3) is 0.538. The second kappa shape index (κ2) is 12.6. The number of hydrogen-bond donors (Lipinski definition) is 2. The highest BCUT2D eigenvalue weighted by atomic mass is 16.5. The molecule has 0 unspecified atom stereocenters. The van der Waals surface area contributed by atoms with Gasteiger partial charge in [-0.3, -0.25) is 9.69 Å². The Hall–Kier alpha value is -3.24. The first-order chi connectivity index (χ1) is 17.2. The number of rotatable bonds is 5. The molecule has 3 amide bonds. The molecule has 0 saturated carbocycles. The van der Waals surface area contributed by atoms with E-state index >= 15 is 0 Å². The predicted octanol–water partition coefficient (Wildman–Crippen LogP) is 3.01. The molecule has 196 valence electrons. The highest BCUT2D eigenvalue weighted by Crippen LogP contribution is 2.27. The lowest BCUT2D eigenvalue weighted by Crippen LogP contribution is -2.46. The van der Waals surface area contributed by atoms with Crippen LogP contribution >= 0.6 is 0 Å². The van der Waals surface area contributed by atoms with E-state index in [4.69, 9.17) is 9.47 Å². The topological polar surface area (TPSA) is 109 Å². The largest absolute Gasteiger partial charge is 0.491 e. The van der Waals surface area contributed by atoms with Gasteiger partial charge in [-0.1, -0.05) is 6.92 Å². The Morgan fingerprint density at radius 1 is 1.22 bits per heavy atom. The van der Waals surface area contributed by atoms with E-state index in [0.717, 1.165) is 12.1 Å². The van der Waals surface area contributed by atoms with Crippen molar-refractivity contribution in [3.8, 4) is 5.75 Å². The first kappa shape index (κ1) is 27.3. The summed E-state index contributed by atoms with van der Waals surface area (Å²) in [5.74, 6) is 0.415. The number of nitrogens with one attached hydrogen (secondary N) is 2. The van der Waals surface area contributed by atoms with Crippen molar-refractivity contribution in [3.63, 3.8) is 0 Å². The molecule has 0 fully saturated rings. The number of ether oxygens (including phenoxy) is 2. The number of methoxy groups -OCH3 is 1. The van der Waals surface area contributed by atoms with Gasteiger partial charge in [0, 0.05) is 75.6 Å². The first-order valence-electron chi connectivity index (χ1n) is 12.3. The van der Waals surface area contributed by atoms with Crippen molar-refractivity contribution in [1.82, 2.24) is 25.1 Å². The smallest absolute Gasteiger partial charge is 0.319 e. The minimum atomic E-state index is -0.317. The lowest BCUT2D eigenvalue weighted by molar-refractivity contribution is 0.00918. The number of aromatic nitrogens is 2. The van der Waals surface area contributed by atoms with Gasteiger partial charge in [-0.25, -0.2) is 14.8 Å². The fourth-order valence-corrected chi connectivity index (χ4v) is 4.22. The quantitative estimate of drug-likeness (QED) is 0.652. The summed E-state index contributed by atoms with van der Waals surface area (Å²) < 4.78 is 12.0. The molecule has 2 heterocycles. The van der Waals surface area contributed by atoms with Gasteiger partial charge in [-0.15, -0.1) is 0 Å². The predicted molar refractivity (Wildman–Crippen MR) is 138 cm³/mol. The number of hydrogen-bond acceptors (Lipinski definition) is 7. The number of fused-ring (bicyclic) bond motifs is 1. The van der Waals surface area contributed by atoms with E-state index in [9.17, 15) is 9.59 Å². The van der Waals surface area contributed by atoms with Gasteiger partial charge in [0.2, 0.25) is 0 Å². The summed E-state index contributed by atoms with van der Waals surface area (Å²) in [6, 6.07) is 4.81. The van der Waals surface area contributed by atoms with Gasteiger partial charge in [0.1, 0.15) is 18.7 Å². The van der Waals surface area contributed by atoms with E-state index in [0.29, 0.717) is 36.7 Å². The third-order valence-electron chi connectivity index (χ3n) is 6.25. The first-order valence-corrected chi connectivity index (χ1v) is 12.3. The number of amides is 3. The molecule has 10 nitrogen and oxygen atoms in total. The molecular weight excluding hydrogens is 460 g/mol. The number of carbonyl (C=O) groups is 2. The molecule has 0 spiro atoms. The van der Waals surface area contributed by atoms with Crippen LogP contribution in [0.5, 0.6) is 5.75 Å². The fourth-order valence-electron chi connectivity index (χ4n) is 4.22. The molecule has 0 bridgehead atoms. The van der Waals surface area contributed by atoms with Gasteiger partial charge in [0.15, 0.2) is 0 Å². The molecule has 1 aliphatic heterocycles. The van der Waals surface area contributed by atoms with Crippen molar-refractivity contribution < 1.29 is 19.1 Å². The van der Waals surface area contributed by atoms with Crippen molar-refractivity contribution in [3.05, 3.63) is 48.0 Å². The third kappa shape index (κ3) is 7.38. The molecule has 0 radical (unpaired) electrons. The van der Waals surface area contributed by atoms with Crippen molar-refractivity contribution >= 4 is 17.6 Å². The zero-order valence-electron chi connectivity index (χ0n) is 22.0. The molecule has 1 aliphatic rings. The standard InChI is InChI=1S/C26H38N6O4/c1-17(2)29-26(34)30-21-7-8-22-23(9-21)36-15-19(4)32(13-20-10-27-16-28-11-20)12-18(3)24(35-6)14-31(5)25(22)33/h7-11,16-19,24H,12-15H2,1-6H3,(H2,29,30,34)/t18-,19+,24-/m1/s1. The van der Waals surface area contributed by atoms with Crippen LogP contribution in [0.25, 0.3) is 0 Å². The highest BCUT2D eigenvalue weighted by Gasteiger charge is 2.28. The number of carbonyl (C=O) groups excluding carboxylic acids is 2. The second-order valence-corrected chi connectivity index (χ2v) is 9.74. The third-order valence-corrected chi connectivity index (χ3v) is 6.25. The van der Waals surface area contributed by atoms with E-state index < -0.39 is 0 Å². The van der Waals surface area contributed by atoms with E-state index in [1.54, 1.807) is 37.3 Å². The lowest BCUT2D eigenvalue weighted by Gasteiger charge is -2.36. The van der Waals surface area contributed by atoms with Crippen molar-refractivity contribution in [2.24, 2.45) is 5.92 Å². The highest BCUT2D eigenvalue weighted by molar-refractivity contribution is 5.98. The molecule has 1 aromatic heterocycles. The number of urea groups is 1. The van der Waals surface area contributed by atoms with Crippen molar-refractivity contribution in [2.75, 3.05) is 39.2 Å². The SMILES string of the molecule is CO[C@@H]1CN(C)C(=O)c2ccc(NC(=O)NC(C)C)cc2OC[C@H](C)N(Cc2cncnc2)C[C@H]1C. The van der Waals surface area contributed by atoms with E-state index in [1.807, 2.05) is 26.2 Å². The van der Waals surface area contributed by atoms with Crippen LogP contribution in [0.1, 0.15) is 43.6 Å². The molecule has 2 aromatic rings. The Kier molecular flexibility index (Phi) is 9.60. The number of nitrogens with zero attached hydrogens (tertiary/aromatic N) is 4. The molecule has 2 N–H and O–H groups in total. The molecule has 3 atom stereocenters. The summed E-state index contributed by atoms with van der Waals surface area (Å²) in [4.78, 5) is 37.8. The maximum absolute atomic E-state index is 13.4. The summed E-state index contributed by atoms with van der Waals surface area (Å²) >= 11 is 0. The Morgan fingerprint density at radius 3 is 2.61 bits per heavy atom. The van der Waals surface area contributed by atoms with Gasteiger partial charge >= 0.3 is 6.03 Å². The van der Waals surface area contributed by atoms with Crippen molar-refractivity contribution in [1.29, 1.82) is 0 Å². The van der Waals surface area contributed by atoms with Crippen LogP contribution in [0, 0.1) is 5.92 Å². The molecule has 10 heteroatoms. The van der Waals surface area contributed by atoms with Gasteiger partial charge in [-0.2, -0.15) is 0 Å². The summed E-state index contributed by atoms with van der Waals surface area (Å²) in [5.41, 5.74) is 1.99. The monoisotopic (exact) mass is 498 g/mol. The zero-order valence-corrected chi connectivity index (χ0v) is 22.0. The molecular formula is C26H38N6O4. The molecule has 0 saturated heterocycles. The van der Waals surface area contributed by atoms with Crippen LogP contribution in [0.3, 0.4) is 0 Å². The summed E-state index contributed by atoms with van der Waals surface area (Å²) in [6.07, 6.45) is 5.01. The summed E-state index contributed by atoms with van der Waals surface area (Å²) in [7, 11) is 3.45. The lowest BCUT2D eigenvalue weighted by atomic mass is 10.0. The minimum Gasteiger partial charge on any atom is -0.491 e. The Bertz CT molecular complexity index is 1020. The summed E-state index contributed by atoms with van der Waals surface area (Å²) in [5, 5.41) is 5.61. The van der Waals surface area contributed by atoms with Crippen molar-refractivity contribution in [2.45, 2.75) is 52.4 Å². The minimum absolute atomic E-state index is 0.00117. The van der Waals surface area contributed by atoms with Gasteiger partial charge in [-0.05, 0) is 38.8 Å². The molecule has 0 aliphatic carbocycles. The Labute approximate surface area is 213 Å². The molecule has 36 heavy (non-hydrogen) atoms. The van der Waals surface area contributed by atoms with Crippen LogP contribution in [-0.4, -0.2) is 83.7 Å². The average molecular weight is 499 g/mol. The number of anilines is 1. The maximum Gasteiger partial charge on any atom is 0.319 e. The summed E-state index contributed by atoms with van der Waals surface area (Å²) in [6.45, 7) is 10.2. The van der Waals surface area contributed by atoms with E-state index in [2.05, 4.69) is 39.3 Å². The Morgan fingerprint density at radius 2 is 1.94 bits per heavy atom. The van der Waals surface area contributed by atoms with Crippen LogP contribution in [0.2, 0.25) is 0 Å². The van der Waals surface area contributed by atoms with Crippen LogP contribution in [0.15, 0.2) is 36.9 Å². The zero-order chi connectivity index (χ0) is 26.2. The molecule has 3 rings (SSSR count). The molecule has 1 aromatic carbocycles. The maximum atomic E-state index is 13.4. The van der Waals surface area contributed by atoms with Gasteiger partial charge < -0.3 is 25.0 Å².